The first-order valence-electron chi connectivity index (χ1n) is 8.09. The van der Waals surface area contributed by atoms with Crippen LogP contribution in [0.5, 0.6) is 0 Å². The van der Waals surface area contributed by atoms with Gasteiger partial charge in [0.25, 0.3) is 0 Å². The molecule has 3 nitrogen and oxygen atoms in total. The predicted molar refractivity (Wildman–Crippen MR) is 80.5 cm³/mol. The molecule has 0 aromatic heterocycles. The molecule has 1 heterocycles. The van der Waals surface area contributed by atoms with Crippen LogP contribution in [-0.2, 0) is 4.74 Å². The van der Waals surface area contributed by atoms with Crippen molar-refractivity contribution in [2.45, 2.75) is 51.5 Å². The second kappa shape index (κ2) is 7.05. The van der Waals surface area contributed by atoms with Crippen LogP contribution in [0.1, 0.15) is 45.4 Å². The van der Waals surface area contributed by atoms with Crippen molar-refractivity contribution >= 4 is 0 Å². The van der Waals surface area contributed by atoms with E-state index < -0.39 is 0 Å². The maximum Gasteiger partial charge on any atom is 0.0546 e. The van der Waals surface area contributed by atoms with Gasteiger partial charge in [-0.1, -0.05) is 19.8 Å². The summed E-state index contributed by atoms with van der Waals surface area (Å²) in [5.74, 6) is 0.856. The quantitative estimate of drug-likeness (QED) is 0.829. The molecule has 2 aliphatic rings. The van der Waals surface area contributed by atoms with Crippen molar-refractivity contribution in [3.05, 3.63) is 0 Å². The van der Waals surface area contributed by atoms with Crippen molar-refractivity contribution in [1.82, 2.24) is 10.2 Å². The number of hydrogen-bond acceptors (Lipinski definition) is 3. The molecule has 3 unspecified atom stereocenters. The van der Waals surface area contributed by atoms with Gasteiger partial charge in [0, 0.05) is 31.2 Å². The van der Waals surface area contributed by atoms with Gasteiger partial charge in [0.2, 0.25) is 0 Å². The van der Waals surface area contributed by atoms with Crippen LogP contribution in [0, 0.1) is 11.3 Å². The first-order valence-corrected chi connectivity index (χ1v) is 8.09. The Morgan fingerprint density at radius 1 is 1.26 bits per heavy atom. The first kappa shape index (κ1) is 15.3. The Morgan fingerprint density at radius 3 is 2.68 bits per heavy atom. The lowest BCUT2D eigenvalue weighted by Gasteiger charge is -2.44. The van der Waals surface area contributed by atoms with Crippen LogP contribution in [-0.4, -0.2) is 51.3 Å². The van der Waals surface area contributed by atoms with Crippen LogP contribution in [0.25, 0.3) is 0 Å². The van der Waals surface area contributed by atoms with Gasteiger partial charge in [-0.15, -0.1) is 0 Å². The summed E-state index contributed by atoms with van der Waals surface area (Å²) in [6.07, 6.45) is 8.15. The molecule has 3 heteroatoms. The average molecular weight is 268 g/mol. The van der Waals surface area contributed by atoms with Crippen LogP contribution in [0.15, 0.2) is 0 Å². The van der Waals surface area contributed by atoms with Crippen molar-refractivity contribution in [2.24, 2.45) is 11.3 Å². The van der Waals surface area contributed by atoms with Gasteiger partial charge >= 0.3 is 0 Å². The summed E-state index contributed by atoms with van der Waals surface area (Å²) in [5.41, 5.74) is 0.332. The zero-order chi connectivity index (χ0) is 13.7. The van der Waals surface area contributed by atoms with Gasteiger partial charge in [0.1, 0.15) is 0 Å². The van der Waals surface area contributed by atoms with Crippen molar-refractivity contribution < 1.29 is 4.74 Å². The van der Waals surface area contributed by atoms with Crippen molar-refractivity contribution in [3.63, 3.8) is 0 Å². The van der Waals surface area contributed by atoms with Crippen molar-refractivity contribution in [2.75, 3.05) is 40.4 Å². The summed E-state index contributed by atoms with van der Waals surface area (Å²) in [7, 11) is 4.40. The second-order valence-corrected chi connectivity index (χ2v) is 6.93. The zero-order valence-corrected chi connectivity index (χ0v) is 13.1. The Morgan fingerprint density at radius 2 is 2.05 bits per heavy atom. The fourth-order valence-corrected chi connectivity index (χ4v) is 4.20. The summed E-state index contributed by atoms with van der Waals surface area (Å²) in [6, 6.07) is 0.782. The highest BCUT2D eigenvalue weighted by Crippen LogP contribution is 2.33. The molecule has 0 bridgehead atoms. The summed E-state index contributed by atoms with van der Waals surface area (Å²) in [5, 5.41) is 3.39. The molecule has 1 N–H and O–H groups in total. The third-order valence-corrected chi connectivity index (χ3v) is 5.17. The lowest BCUT2D eigenvalue weighted by Crippen LogP contribution is -2.51. The standard InChI is InChI=1S/C16H32N2O/c1-14-7-4-5-8-15(14)18(3)12-16(11-17-2)9-6-10-19-13-16/h14-15,17H,4-13H2,1-3H3. The third kappa shape index (κ3) is 3.93. The van der Waals surface area contributed by atoms with Crippen molar-refractivity contribution in [1.29, 1.82) is 0 Å². The molecule has 19 heavy (non-hydrogen) atoms. The maximum absolute atomic E-state index is 5.79. The highest BCUT2D eigenvalue weighted by atomic mass is 16.5. The fraction of sp³-hybridized carbons (Fsp3) is 1.00. The summed E-state index contributed by atoms with van der Waals surface area (Å²) in [6.45, 7) is 6.58. The lowest BCUT2D eigenvalue weighted by atomic mass is 9.79. The summed E-state index contributed by atoms with van der Waals surface area (Å²) in [4.78, 5) is 2.63. The Bertz CT molecular complexity index is 258. The Labute approximate surface area is 119 Å². The summed E-state index contributed by atoms with van der Waals surface area (Å²) >= 11 is 0. The highest BCUT2D eigenvalue weighted by Gasteiger charge is 2.36. The van der Waals surface area contributed by atoms with Gasteiger partial charge in [-0.2, -0.15) is 0 Å². The number of rotatable bonds is 5. The van der Waals surface area contributed by atoms with E-state index in [1.165, 1.54) is 45.1 Å². The number of nitrogens with one attached hydrogen (secondary N) is 1. The first-order chi connectivity index (χ1) is 9.17. The zero-order valence-electron chi connectivity index (χ0n) is 13.1. The molecule has 2 rings (SSSR count). The van der Waals surface area contributed by atoms with Gasteiger partial charge in [0.05, 0.1) is 6.61 Å². The molecule has 1 saturated heterocycles. The van der Waals surface area contributed by atoms with Crippen LogP contribution < -0.4 is 5.32 Å². The molecule has 2 fully saturated rings. The number of nitrogens with zero attached hydrogens (tertiary/aromatic N) is 1. The van der Waals surface area contributed by atoms with E-state index in [1.807, 2.05) is 0 Å². The largest absolute Gasteiger partial charge is 0.381 e. The minimum Gasteiger partial charge on any atom is -0.381 e. The average Bonchev–Trinajstić information content (AvgIpc) is 2.40. The van der Waals surface area contributed by atoms with E-state index in [9.17, 15) is 0 Å². The maximum atomic E-state index is 5.79. The summed E-state index contributed by atoms with van der Waals surface area (Å²) < 4.78 is 5.79. The molecule has 1 aliphatic heterocycles. The smallest absolute Gasteiger partial charge is 0.0546 e. The molecule has 0 aromatic carbocycles. The third-order valence-electron chi connectivity index (χ3n) is 5.17. The molecule has 0 spiro atoms. The molecule has 1 aliphatic carbocycles. The number of hydrogen-bond donors (Lipinski definition) is 1. The Balaban J connectivity index is 1.95. The topological polar surface area (TPSA) is 24.5 Å². The van der Waals surface area contributed by atoms with Gasteiger partial charge in [0.15, 0.2) is 0 Å². The van der Waals surface area contributed by atoms with Crippen LogP contribution in [0.4, 0.5) is 0 Å². The van der Waals surface area contributed by atoms with Gasteiger partial charge < -0.3 is 15.0 Å². The lowest BCUT2D eigenvalue weighted by molar-refractivity contribution is -0.0336. The van der Waals surface area contributed by atoms with E-state index in [0.717, 1.165) is 31.7 Å². The molecule has 0 aromatic rings. The Kier molecular flexibility index (Phi) is 5.67. The minimum absolute atomic E-state index is 0.332. The fourth-order valence-electron chi connectivity index (χ4n) is 4.20. The van der Waals surface area contributed by atoms with Crippen LogP contribution in [0.3, 0.4) is 0 Å². The highest BCUT2D eigenvalue weighted by molar-refractivity contribution is 4.89. The van der Waals surface area contributed by atoms with E-state index >= 15 is 0 Å². The number of ether oxygens (including phenoxy) is 1. The van der Waals surface area contributed by atoms with E-state index in [1.54, 1.807) is 0 Å². The van der Waals surface area contributed by atoms with Gasteiger partial charge in [-0.3, -0.25) is 0 Å². The van der Waals surface area contributed by atoms with E-state index in [0.29, 0.717) is 5.41 Å². The monoisotopic (exact) mass is 268 g/mol. The van der Waals surface area contributed by atoms with Crippen molar-refractivity contribution in [3.8, 4) is 0 Å². The normalized spacial score (nSPS) is 36.6. The SMILES string of the molecule is CNCC1(CN(C)C2CCCCC2C)CCCOC1. The molecule has 1 saturated carbocycles. The van der Waals surface area contributed by atoms with E-state index in [2.05, 4.69) is 31.2 Å². The van der Waals surface area contributed by atoms with Crippen LogP contribution in [0.2, 0.25) is 0 Å². The molecule has 112 valence electrons. The van der Waals surface area contributed by atoms with E-state index in [-0.39, 0.29) is 0 Å². The van der Waals surface area contributed by atoms with Gasteiger partial charge in [-0.25, -0.2) is 0 Å². The Hall–Kier alpha value is -0.120. The van der Waals surface area contributed by atoms with Gasteiger partial charge in [-0.05, 0) is 45.7 Å². The van der Waals surface area contributed by atoms with Crippen LogP contribution >= 0.6 is 0 Å². The molecule has 0 radical (unpaired) electrons. The van der Waals surface area contributed by atoms with E-state index in [4.69, 9.17) is 4.74 Å². The minimum atomic E-state index is 0.332. The molecular weight excluding hydrogens is 236 g/mol. The molecule has 3 atom stereocenters. The molecule has 0 amide bonds. The molecular formula is C16H32N2O. The second-order valence-electron chi connectivity index (χ2n) is 6.93. The predicted octanol–water partition coefficient (Wildman–Crippen LogP) is 2.51.